The summed E-state index contributed by atoms with van der Waals surface area (Å²) in [4.78, 5) is 11.0. The van der Waals surface area contributed by atoms with Crippen LogP contribution in [0.5, 0.6) is 5.75 Å². The molecule has 110 valence electrons. The minimum absolute atomic E-state index is 0.0273. The fraction of sp³-hybridized carbons (Fsp3) is 0.500. The number of hydrogen-bond donors (Lipinski definition) is 2. The van der Waals surface area contributed by atoms with Gasteiger partial charge in [-0.2, -0.15) is 0 Å². The molecular formula is C14H18FNO4. The van der Waals surface area contributed by atoms with Gasteiger partial charge < -0.3 is 20.3 Å². The smallest absolute Gasteiger partial charge is 0.337 e. The van der Waals surface area contributed by atoms with Crippen LogP contribution < -0.4 is 10.5 Å². The topological polar surface area (TPSA) is 81.8 Å². The second-order valence-corrected chi connectivity index (χ2v) is 5.14. The lowest BCUT2D eigenvalue weighted by Gasteiger charge is -2.32. The first kappa shape index (κ1) is 14.6. The van der Waals surface area contributed by atoms with E-state index in [9.17, 15) is 9.18 Å². The molecule has 1 heterocycles. The summed E-state index contributed by atoms with van der Waals surface area (Å²) in [7, 11) is 0. The molecule has 1 aromatic carbocycles. The second kappa shape index (κ2) is 5.66. The quantitative estimate of drug-likeness (QED) is 0.833. The molecule has 0 radical (unpaired) electrons. The highest BCUT2D eigenvalue weighted by molar-refractivity contribution is 5.94. The zero-order valence-electron chi connectivity index (χ0n) is 11.4. The van der Waals surface area contributed by atoms with E-state index in [0.717, 1.165) is 12.1 Å². The predicted octanol–water partition coefficient (Wildman–Crippen LogP) is 2.44. The van der Waals surface area contributed by atoms with Gasteiger partial charge in [0, 0.05) is 24.6 Å². The largest absolute Gasteiger partial charge is 0.487 e. The van der Waals surface area contributed by atoms with E-state index in [-0.39, 0.29) is 35.3 Å². The second-order valence-electron chi connectivity index (χ2n) is 5.14. The summed E-state index contributed by atoms with van der Waals surface area (Å²) in [6, 6.07) is 2.11. The Hall–Kier alpha value is -1.82. The lowest BCUT2D eigenvalue weighted by atomic mass is 10.0. The van der Waals surface area contributed by atoms with Crippen LogP contribution in [0.15, 0.2) is 12.1 Å². The van der Waals surface area contributed by atoms with Crippen molar-refractivity contribution >= 4 is 11.7 Å². The van der Waals surface area contributed by atoms with Crippen molar-refractivity contribution in [1.82, 2.24) is 0 Å². The van der Waals surface area contributed by atoms with E-state index in [0.29, 0.717) is 12.8 Å². The fourth-order valence-corrected chi connectivity index (χ4v) is 2.46. The summed E-state index contributed by atoms with van der Waals surface area (Å²) in [6.45, 7) is 3.85. The van der Waals surface area contributed by atoms with Crippen molar-refractivity contribution in [3.05, 3.63) is 23.5 Å². The molecule has 1 saturated heterocycles. The van der Waals surface area contributed by atoms with Gasteiger partial charge in [-0.1, -0.05) is 0 Å². The first-order chi connectivity index (χ1) is 9.36. The maximum absolute atomic E-state index is 13.8. The molecule has 0 amide bonds. The van der Waals surface area contributed by atoms with E-state index in [1.54, 1.807) is 0 Å². The van der Waals surface area contributed by atoms with Gasteiger partial charge in [0.1, 0.15) is 6.10 Å². The molecule has 1 aromatic rings. The molecule has 20 heavy (non-hydrogen) atoms. The van der Waals surface area contributed by atoms with Crippen molar-refractivity contribution in [3.8, 4) is 5.75 Å². The van der Waals surface area contributed by atoms with E-state index in [2.05, 4.69) is 0 Å². The highest BCUT2D eigenvalue weighted by Crippen LogP contribution is 2.29. The molecule has 0 aliphatic carbocycles. The molecule has 2 unspecified atom stereocenters. The molecule has 1 fully saturated rings. The molecule has 2 atom stereocenters. The van der Waals surface area contributed by atoms with Crippen LogP contribution in [0.3, 0.4) is 0 Å². The van der Waals surface area contributed by atoms with Gasteiger partial charge in [0.25, 0.3) is 0 Å². The number of nitrogen functional groups attached to an aromatic ring is 1. The zero-order valence-corrected chi connectivity index (χ0v) is 11.4. The number of ether oxygens (including phenoxy) is 2. The van der Waals surface area contributed by atoms with Crippen molar-refractivity contribution < 1.29 is 23.8 Å². The van der Waals surface area contributed by atoms with Gasteiger partial charge in [-0.05, 0) is 19.9 Å². The number of benzene rings is 1. The molecule has 0 spiro atoms. The lowest BCUT2D eigenvalue weighted by Crippen LogP contribution is -2.35. The number of carboxylic acids is 1. The van der Waals surface area contributed by atoms with Crippen molar-refractivity contribution in [3.63, 3.8) is 0 Å². The molecule has 2 rings (SSSR count). The number of carbonyl (C=O) groups is 1. The summed E-state index contributed by atoms with van der Waals surface area (Å²) in [5, 5.41) is 8.99. The van der Waals surface area contributed by atoms with Gasteiger partial charge in [-0.25, -0.2) is 9.18 Å². The van der Waals surface area contributed by atoms with Crippen LogP contribution >= 0.6 is 0 Å². The molecule has 0 aromatic heterocycles. The number of nitrogens with two attached hydrogens (primary N) is 1. The molecule has 1 aliphatic heterocycles. The molecule has 5 nitrogen and oxygen atoms in total. The van der Waals surface area contributed by atoms with E-state index in [1.165, 1.54) is 0 Å². The number of aromatic carboxylic acids is 1. The Morgan fingerprint density at radius 1 is 1.40 bits per heavy atom. The normalized spacial score (nSPS) is 26.2. The van der Waals surface area contributed by atoms with Crippen molar-refractivity contribution in [2.75, 3.05) is 5.73 Å². The average molecular weight is 283 g/mol. The van der Waals surface area contributed by atoms with E-state index in [4.69, 9.17) is 20.3 Å². The Morgan fingerprint density at radius 2 is 2.00 bits per heavy atom. The third-order valence-corrected chi connectivity index (χ3v) is 3.28. The Morgan fingerprint density at radius 3 is 2.55 bits per heavy atom. The highest BCUT2D eigenvalue weighted by Gasteiger charge is 2.27. The van der Waals surface area contributed by atoms with Crippen LogP contribution in [0.2, 0.25) is 0 Å². The van der Waals surface area contributed by atoms with Crippen LogP contribution in [-0.2, 0) is 4.74 Å². The Labute approximate surface area is 116 Å². The van der Waals surface area contributed by atoms with Crippen LogP contribution in [0.4, 0.5) is 10.1 Å². The highest BCUT2D eigenvalue weighted by atomic mass is 19.1. The van der Waals surface area contributed by atoms with Crippen LogP contribution in [-0.4, -0.2) is 29.4 Å². The van der Waals surface area contributed by atoms with Crippen LogP contribution in [0, 0.1) is 5.82 Å². The number of carboxylic acid groups (broad SMARTS) is 1. The van der Waals surface area contributed by atoms with Crippen molar-refractivity contribution in [2.45, 2.75) is 45.0 Å². The van der Waals surface area contributed by atoms with Gasteiger partial charge in [0.2, 0.25) is 0 Å². The van der Waals surface area contributed by atoms with Gasteiger partial charge >= 0.3 is 5.97 Å². The van der Waals surface area contributed by atoms with E-state index < -0.39 is 11.8 Å². The predicted molar refractivity (Wildman–Crippen MR) is 71.4 cm³/mol. The Bertz CT molecular complexity index is 510. The lowest BCUT2D eigenvalue weighted by molar-refractivity contribution is -0.0728. The first-order valence-corrected chi connectivity index (χ1v) is 6.51. The minimum Gasteiger partial charge on any atom is -0.487 e. The molecule has 0 bridgehead atoms. The van der Waals surface area contributed by atoms with Crippen LogP contribution in [0.25, 0.3) is 0 Å². The van der Waals surface area contributed by atoms with E-state index in [1.807, 2.05) is 13.8 Å². The summed E-state index contributed by atoms with van der Waals surface area (Å²) in [6.07, 6.45) is 1.13. The van der Waals surface area contributed by atoms with Gasteiger partial charge in [-0.3, -0.25) is 0 Å². The van der Waals surface area contributed by atoms with E-state index >= 15 is 0 Å². The average Bonchev–Trinajstić information content (AvgIpc) is 2.30. The number of anilines is 1. The SMILES string of the molecule is CC1CC(Oc2cc(C(=O)O)c(N)cc2F)CC(C)O1. The Kier molecular flexibility index (Phi) is 4.13. The van der Waals surface area contributed by atoms with Crippen molar-refractivity contribution in [2.24, 2.45) is 0 Å². The number of hydrogen-bond acceptors (Lipinski definition) is 4. The van der Waals surface area contributed by atoms with Gasteiger partial charge in [0.15, 0.2) is 11.6 Å². The maximum atomic E-state index is 13.8. The fourth-order valence-electron chi connectivity index (χ4n) is 2.46. The summed E-state index contributed by atoms with van der Waals surface area (Å²) in [5.74, 6) is -1.94. The maximum Gasteiger partial charge on any atom is 0.337 e. The standard InChI is InChI=1S/C14H18FNO4/c1-7-3-9(4-8(2)19-7)20-13-5-10(14(17)18)12(16)6-11(13)15/h5-9H,3-4,16H2,1-2H3,(H,17,18). The Balaban J connectivity index is 2.20. The summed E-state index contributed by atoms with van der Waals surface area (Å²) in [5.41, 5.74) is 5.20. The summed E-state index contributed by atoms with van der Waals surface area (Å²) < 4.78 is 25.0. The zero-order chi connectivity index (χ0) is 14.9. The molecular weight excluding hydrogens is 265 g/mol. The molecule has 3 N–H and O–H groups in total. The third-order valence-electron chi connectivity index (χ3n) is 3.28. The molecule has 6 heteroatoms. The monoisotopic (exact) mass is 283 g/mol. The number of halogens is 1. The summed E-state index contributed by atoms with van der Waals surface area (Å²) >= 11 is 0. The number of rotatable bonds is 3. The minimum atomic E-state index is -1.21. The van der Waals surface area contributed by atoms with Crippen LogP contribution in [0.1, 0.15) is 37.0 Å². The molecule has 0 saturated carbocycles. The first-order valence-electron chi connectivity index (χ1n) is 6.51. The van der Waals surface area contributed by atoms with Gasteiger partial charge in [-0.15, -0.1) is 0 Å². The molecule has 1 aliphatic rings. The van der Waals surface area contributed by atoms with Gasteiger partial charge in [0.05, 0.1) is 17.8 Å². The third kappa shape index (κ3) is 3.19. The van der Waals surface area contributed by atoms with Crippen molar-refractivity contribution in [1.29, 1.82) is 0 Å².